The lowest BCUT2D eigenvalue weighted by atomic mass is 10.3. The molecule has 0 aliphatic carbocycles. The molecule has 2 rings (SSSR count). The molecule has 6 nitrogen and oxygen atoms in total. The van der Waals surface area contributed by atoms with Gasteiger partial charge in [-0.3, -0.25) is 4.72 Å². The van der Waals surface area contributed by atoms with Crippen molar-refractivity contribution in [2.45, 2.75) is 4.90 Å². The van der Waals surface area contributed by atoms with E-state index >= 15 is 0 Å². The molecule has 0 aliphatic heterocycles. The number of benzene rings is 1. The summed E-state index contributed by atoms with van der Waals surface area (Å²) in [7, 11) is -3.91. The molecule has 9 heteroatoms. The molecular weight excluding hydrogens is 295 g/mol. The monoisotopic (exact) mass is 302 g/mol. The lowest BCUT2D eigenvalue weighted by Crippen LogP contribution is -2.14. The summed E-state index contributed by atoms with van der Waals surface area (Å²) in [5.74, 6) is -0.697. The van der Waals surface area contributed by atoms with Gasteiger partial charge in [0.2, 0.25) is 0 Å². The number of nitrogen functional groups attached to an aromatic ring is 1. The fourth-order valence-corrected chi connectivity index (χ4v) is 2.39. The van der Waals surface area contributed by atoms with E-state index in [-0.39, 0.29) is 21.6 Å². The van der Waals surface area contributed by atoms with Crippen molar-refractivity contribution in [3.8, 4) is 0 Å². The average Bonchev–Trinajstić information content (AvgIpc) is 2.35. The van der Waals surface area contributed by atoms with Gasteiger partial charge in [0.25, 0.3) is 10.0 Å². The number of nitrogens with one attached hydrogen (secondary N) is 1. The quantitative estimate of drug-likeness (QED) is 0.840. The summed E-state index contributed by atoms with van der Waals surface area (Å²) in [6, 6.07) is 5.81. The Labute approximate surface area is 113 Å². The summed E-state index contributed by atoms with van der Waals surface area (Å²) in [6.07, 6.45) is 0. The zero-order chi connectivity index (χ0) is 14.0. The van der Waals surface area contributed by atoms with Crippen LogP contribution in [0.5, 0.6) is 0 Å². The highest BCUT2D eigenvalue weighted by atomic mass is 35.5. The van der Waals surface area contributed by atoms with Crippen LogP contribution in [0.15, 0.2) is 35.2 Å². The Bertz CT molecular complexity index is 706. The molecule has 0 amide bonds. The van der Waals surface area contributed by atoms with Gasteiger partial charge < -0.3 is 5.73 Å². The maximum absolute atomic E-state index is 13.0. The predicted molar refractivity (Wildman–Crippen MR) is 68.7 cm³/mol. The molecule has 0 radical (unpaired) electrons. The molecule has 19 heavy (non-hydrogen) atoms. The second kappa shape index (κ2) is 4.98. The van der Waals surface area contributed by atoms with Gasteiger partial charge in [-0.25, -0.2) is 12.8 Å². The fourth-order valence-electron chi connectivity index (χ4n) is 1.26. The van der Waals surface area contributed by atoms with Crippen LogP contribution in [-0.2, 0) is 10.0 Å². The van der Waals surface area contributed by atoms with Crippen molar-refractivity contribution in [1.29, 1.82) is 0 Å². The molecule has 0 saturated carbocycles. The summed E-state index contributed by atoms with van der Waals surface area (Å²) in [4.78, 5) is -0.178. The van der Waals surface area contributed by atoms with Crippen LogP contribution in [0.1, 0.15) is 0 Å². The zero-order valence-electron chi connectivity index (χ0n) is 9.34. The molecule has 0 aliphatic rings. The number of nitrogens with two attached hydrogens (primary N) is 1. The smallest absolute Gasteiger partial charge is 0.263 e. The van der Waals surface area contributed by atoms with Crippen LogP contribution >= 0.6 is 11.6 Å². The van der Waals surface area contributed by atoms with Crippen LogP contribution in [0.3, 0.4) is 0 Å². The van der Waals surface area contributed by atoms with E-state index in [2.05, 4.69) is 14.9 Å². The van der Waals surface area contributed by atoms with Gasteiger partial charge in [0.1, 0.15) is 5.82 Å². The van der Waals surface area contributed by atoms with Crippen LogP contribution < -0.4 is 10.5 Å². The average molecular weight is 303 g/mol. The Morgan fingerprint density at radius 2 is 1.95 bits per heavy atom. The first-order chi connectivity index (χ1) is 8.88. The molecule has 2 aromatic rings. The SMILES string of the molecule is Nc1cc(S(=O)(=O)Nc2ccc(Cl)nn2)ccc1F. The lowest BCUT2D eigenvalue weighted by Gasteiger charge is -2.07. The number of sulfonamides is 1. The Kier molecular flexibility index (Phi) is 3.54. The minimum absolute atomic E-state index is 0.00713. The van der Waals surface area contributed by atoms with E-state index < -0.39 is 15.8 Å². The number of rotatable bonds is 3. The number of halogens is 2. The first kappa shape index (κ1) is 13.5. The second-order valence-corrected chi connectivity index (χ2v) is 5.60. The van der Waals surface area contributed by atoms with Crippen LogP contribution in [0.2, 0.25) is 5.15 Å². The van der Waals surface area contributed by atoms with E-state index in [1.54, 1.807) is 0 Å². The van der Waals surface area contributed by atoms with Crippen LogP contribution in [0, 0.1) is 5.82 Å². The van der Waals surface area contributed by atoms with Crippen LogP contribution in [0.25, 0.3) is 0 Å². The molecule has 0 atom stereocenters. The molecule has 3 N–H and O–H groups in total. The molecule has 0 spiro atoms. The van der Waals surface area contributed by atoms with Crippen molar-refractivity contribution in [2.75, 3.05) is 10.5 Å². The standard InChI is InChI=1S/C10H8ClFN4O2S/c11-9-3-4-10(15-14-9)16-19(17,18)6-1-2-7(12)8(13)5-6/h1-5H,13H2,(H,15,16). The first-order valence-corrected chi connectivity index (χ1v) is 6.82. The van der Waals surface area contributed by atoms with Crippen LogP contribution in [0.4, 0.5) is 15.9 Å². The Hall–Kier alpha value is -1.93. The third-order valence-electron chi connectivity index (χ3n) is 2.15. The number of aromatic nitrogens is 2. The Morgan fingerprint density at radius 1 is 1.21 bits per heavy atom. The third-order valence-corrected chi connectivity index (χ3v) is 3.70. The van der Waals surface area contributed by atoms with Gasteiger partial charge in [0, 0.05) is 0 Å². The Morgan fingerprint density at radius 3 is 2.53 bits per heavy atom. The van der Waals surface area contributed by atoms with Crippen molar-refractivity contribution < 1.29 is 12.8 Å². The lowest BCUT2D eigenvalue weighted by molar-refractivity contribution is 0.600. The fraction of sp³-hybridized carbons (Fsp3) is 0. The summed E-state index contributed by atoms with van der Waals surface area (Å²) >= 11 is 5.53. The molecule has 0 saturated heterocycles. The normalized spacial score (nSPS) is 11.3. The number of hydrogen-bond acceptors (Lipinski definition) is 5. The van der Waals surface area contributed by atoms with E-state index in [1.165, 1.54) is 12.1 Å². The van der Waals surface area contributed by atoms with Crippen molar-refractivity contribution in [3.63, 3.8) is 0 Å². The number of hydrogen-bond donors (Lipinski definition) is 2. The van der Waals surface area contributed by atoms with Gasteiger partial charge in [-0.1, -0.05) is 11.6 Å². The van der Waals surface area contributed by atoms with Gasteiger partial charge >= 0.3 is 0 Å². The maximum Gasteiger partial charge on any atom is 0.263 e. The highest BCUT2D eigenvalue weighted by Gasteiger charge is 2.16. The van der Waals surface area contributed by atoms with Crippen LogP contribution in [-0.4, -0.2) is 18.6 Å². The molecule has 100 valence electrons. The summed E-state index contributed by atoms with van der Waals surface area (Å²) < 4.78 is 39.1. The molecule has 1 aromatic carbocycles. The van der Waals surface area contributed by atoms with E-state index in [0.717, 1.165) is 18.2 Å². The van der Waals surface area contributed by atoms with Crippen molar-refractivity contribution in [2.24, 2.45) is 0 Å². The third kappa shape index (κ3) is 3.09. The number of anilines is 2. The summed E-state index contributed by atoms with van der Waals surface area (Å²) in [5.41, 5.74) is 5.06. The van der Waals surface area contributed by atoms with Crippen molar-refractivity contribution >= 4 is 33.1 Å². The molecule has 0 bridgehead atoms. The summed E-state index contributed by atoms with van der Waals surface area (Å²) in [6.45, 7) is 0. The largest absolute Gasteiger partial charge is 0.396 e. The molecular formula is C10H8ClFN4O2S. The number of nitrogens with zero attached hydrogens (tertiary/aromatic N) is 2. The summed E-state index contributed by atoms with van der Waals surface area (Å²) in [5, 5.41) is 7.18. The van der Waals surface area contributed by atoms with Gasteiger partial charge in [0.05, 0.1) is 10.6 Å². The minimum atomic E-state index is -3.91. The molecule has 1 aromatic heterocycles. The van der Waals surface area contributed by atoms with Crippen molar-refractivity contribution in [3.05, 3.63) is 41.3 Å². The molecule has 0 unspecified atom stereocenters. The highest BCUT2D eigenvalue weighted by Crippen LogP contribution is 2.19. The van der Waals surface area contributed by atoms with Gasteiger partial charge in [-0.2, -0.15) is 0 Å². The van der Waals surface area contributed by atoms with E-state index in [1.807, 2.05) is 0 Å². The predicted octanol–water partition coefficient (Wildman–Crippen LogP) is 1.65. The van der Waals surface area contributed by atoms with E-state index in [0.29, 0.717) is 0 Å². The van der Waals surface area contributed by atoms with Gasteiger partial charge in [-0.15, -0.1) is 10.2 Å². The highest BCUT2D eigenvalue weighted by molar-refractivity contribution is 7.92. The maximum atomic E-state index is 13.0. The first-order valence-electron chi connectivity index (χ1n) is 4.95. The van der Waals surface area contributed by atoms with E-state index in [4.69, 9.17) is 17.3 Å². The molecule has 0 fully saturated rings. The van der Waals surface area contributed by atoms with Gasteiger partial charge in [-0.05, 0) is 30.3 Å². The van der Waals surface area contributed by atoms with E-state index in [9.17, 15) is 12.8 Å². The Balaban J connectivity index is 2.32. The molecule has 1 heterocycles. The zero-order valence-corrected chi connectivity index (χ0v) is 10.9. The minimum Gasteiger partial charge on any atom is -0.396 e. The van der Waals surface area contributed by atoms with Gasteiger partial charge in [0.15, 0.2) is 11.0 Å². The van der Waals surface area contributed by atoms with Crippen molar-refractivity contribution in [1.82, 2.24) is 10.2 Å². The topological polar surface area (TPSA) is 98.0 Å². The second-order valence-electron chi connectivity index (χ2n) is 3.53.